The van der Waals surface area contributed by atoms with Crippen LogP contribution < -0.4 is 10.2 Å². The Balaban J connectivity index is 1.51. The number of rotatable bonds is 9. The topological polar surface area (TPSA) is 81.4 Å². The van der Waals surface area contributed by atoms with Crippen LogP contribution in [0.3, 0.4) is 0 Å². The summed E-state index contributed by atoms with van der Waals surface area (Å²) in [6.07, 6.45) is 3.63. The molecule has 0 aliphatic heterocycles. The third-order valence-corrected chi connectivity index (χ3v) is 6.89. The quantitative estimate of drug-likeness (QED) is 0.148. The lowest BCUT2D eigenvalue weighted by Gasteiger charge is -2.19. The average molecular weight is 540 g/mol. The van der Waals surface area contributed by atoms with Crippen LogP contribution in [-0.2, 0) is 10.2 Å². The summed E-state index contributed by atoms with van der Waals surface area (Å²) in [6.45, 7) is 8.50. The van der Waals surface area contributed by atoms with Gasteiger partial charge in [-0.15, -0.1) is 10.2 Å². The van der Waals surface area contributed by atoms with Crippen LogP contribution >= 0.6 is 11.8 Å². The van der Waals surface area contributed by atoms with Crippen molar-refractivity contribution < 1.29 is 9.53 Å². The van der Waals surface area contributed by atoms with E-state index in [2.05, 4.69) is 65.8 Å². The molecule has 1 aromatic heterocycles. The SMILES string of the molecule is COc1ccc(-n2c(SCC(=O)N/N=C\C(C)=C\c3ccccc3)nnc2-c2ccc(C(C)(C)C)cc2)cc1. The van der Waals surface area contributed by atoms with Crippen LogP contribution in [0.15, 0.2) is 94.7 Å². The molecule has 0 fully saturated rings. The predicted molar refractivity (Wildman–Crippen MR) is 159 cm³/mol. The molecule has 8 heteroatoms. The fourth-order valence-electron chi connectivity index (χ4n) is 3.85. The van der Waals surface area contributed by atoms with Gasteiger partial charge in [0.1, 0.15) is 5.75 Å². The Morgan fingerprint density at radius 2 is 1.69 bits per heavy atom. The summed E-state index contributed by atoms with van der Waals surface area (Å²) in [6, 6.07) is 26.0. The third-order valence-electron chi connectivity index (χ3n) is 5.96. The largest absolute Gasteiger partial charge is 0.497 e. The molecule has 0 spiro atoms. The van der Waals surface area contributed by atoms with Crippen LogP contribution in [0.2, 0.25) is 0 Å². The molecule has 4 rings (SSSR count). The Kier molecular flexibility index (Phi) is 8.99. The van der Waals surface area contributed by atoms with E-state index in [9.17, 15) is 4.79 Å². The van der Waals surface area contributed by atoms with E-state index in [-0.39, 0.29) is 17.1 Å². The standard InChI is InChI=1S/C31H33N5O2S/c1-22(19-23-9-7-6-8-10-23)20-32-33-28(37)21-39-30-35-34-29(24-11-13-25(14-12-24)31(2,3)4)36(30)26-15-17-27(38-5)18-16-26/h6-20H,21H2,1-5H3,(H,33,37)/b22-19+,32-20-. The first-order valence-corrected chi connectivity index (χ1v) is 13.6. The molecule has 1 N–H and O–H groups in total. The van der Waals surface area contributed by atoms with Gasteiger partial charge in [-0.25, -0.2) is 5.43 Å². The summed E-state index contributed by atoms with van der Waals surface area (Å²) < 4.78 is 7.28. The zero-order valence-electron chi connectivity index (χ0n) is 22.9. The van der Waals surface area contributed by atoms with E-state index in [0.717, 1.165) is 28.1 Å². The van der Waals surface area contributed by atoms with Crippen molar-refractivity contribution in [3.8, 4) is 22.8 Å². The summed E-state index contributed by atoms with van der Waals surface area (Å²) in [5, 5.41) is 13.6. The number of aromatic nitrogens is 3. The van der Waals surface area contributed by atoms with Gasteiger partial charge in [-0.2, -0.15) is 5.10 Å². The maximum absolute atomic E-state index is 12.6. The average Bonchev–Trinajstić information content (AvgIpc) is 3.36. The fraction of sp³-hybridized carbons (Fsp3) is 0.226. The Labute approximate surface area is 234 Å². The number of thioether (sulfide) groups is 1. The van der Waals surface area contributed by atoms with Gasteiger partial charge in [0.25, 0.3) is 5.91 Å². The lowest BCUT2D eigenvalue weighted by atomic mass is 9.87. The second-order valence-electron chi connectivity index (χ2n) is 10.0. The number of carbonyl (C=O) groups excluding carboxylic acids is 1. The van der Waals surface area contributed by atoms with Crippen molar-refractivity contribution in [2.24, 2.45) is 5.10 Å². The highest BCUT2D eigenvalue weighted by Gasteiger charge is 2.19. The second kappa shape index (κ2) is 12.6. The van der Waals surface area contributed by atoms with Crippen LogP contribution in [0.4, 0.5) is 0 Å². The molecule has 0 bridgehead atoms. The normalized spacial score (nSPS) is 12.1. The smallest absolute Gasteiger partial charge is 0.250 e. The molecule has 200 valence electrons. The highest BCUT2D eigenvalue weighted by Crippen LogP contribution is 2.30. The number of methoxy groups -OCH3 is 1. The number of carbonyl (C=O) groups is 1. The van der Waals surface area contributed by atoms with Crippen molar-refractivity contribution >= 4 is 30.0 Å². The van der Waals surface area contributed by atoms with Gasteiger partial charge in [-0.1, -0.05) is 93.2 Å². The van der Waals surface area contributed by atoms with E-state index in [1.807, 2.05) is 72.2 Å². The lowest BCUT2D eigenvalue weighted by Crippen LogP contribution is -2.20. The Morgan fingerprint density at radius 3 is 2.33 bits per heavy atom. The molecule has 0 atom stereocenters. The zero-order valence-corrected chi connectivity index (χ0v) is 23.7. The van der Waals surface area contributed by atoms with Crippen LogP contribution in [0.25, 0.3) is 23.2 Å². The summed E-state index contributed by atoms with van der Waals surface area (Å²) in [4.78, 5) is 12.6. The van der Waals surface area contributed by atoms with Crippen LogP contribution in [0.5, 0.6) is 5.75 Å². The van der Waals surface area contributed by atoms with Crippen LogP contribution in [0, 0.1) is 0 Å². The zero-order chi connectivity index (χ0) is 27.8. The molecule has 7 nitrogen and oxygen atoms in total. The van der Waals surface area contributed by atoms with Crippen LogP contribution in [0.1, 0.15) is 38.8 Å². The summed E-state index contributed by atoms with van der Waals surface area (Å²) in [5.41, 5.74) is 7.70. The number of ether oxygens (including phenoxy) is 1. The first kappa shape index (κ1) is 27.9. The molecule has 0 saturated heterocycles. The van der Waals surface area contributed by atoms with E-state index in [1.54, 1.807) is 13.3 Å². The van der Waals surface area contributed by atoms with Gasteiger partial charge >= 0.3 is 0 Å². The Hall–Kier alpha value is -4.17. The van der Waals surface area contributed by atoms with Gasteiger partial charge in [0.2, 0.25) is 0 Å². The molecule has 0 aliphatic rings. The number of hydrogen-bond acceptors (Lipinski definition) is 6. The van der Waals surface area contributed by atoms with E-state index < -0.39 is 0 Å². The molecule has 39 heavy (non-hydrogen) atoms. The monoisotopic (exact) mass is 539 g/mol. The fourth-order valence-corrected chi connectivity index (χ4v) is 4.60. The lowest BCUT2D eigenvalue weighted by molar-refractivity contribution is -0.118. The van der Waals surface area contributed by atoms with Crippen molar-refractivity contribution in [2.45, 2.75) is 38.3 Å². The molecular formula is C31H33N5O2S. The van der Waals surface area contributed by atoms with Crippen molar-refractivity contribution in [2.75, 3.05) is 12.9 Å². The molecule has 1 amide bonds. The second-order valence-corrected chi connectivity index (χ2v) is 11.0. The third kappa shape index (κ3) is 7.45. The molecule has 3 aromatic carbocycles. The number of nitrogens with one attached hydrogen (secondary N) is 1. The van der Waals surface area contributed by atoms with E-state index >= 15 is 0 Å². The Bertz CT molecular complexity index is 1450. The summed E-state index contributed by atoms with van der Waals surface area (Å²) in [5.74, 6) is 1.36. The van der Waals surface area contributed by atoms with Gasteiger partial charge in [0, 0.05) is 11.3 Å². The Morgan fingerprint density at radius 1 is 1.00 bits per heavy atom. The van der Waals surface area contributed by atoms with E-state index in [0.29, 0.717) is 11.0 Å². The molecule has 0 saturated carbocycles. The number of nitrogens with zero attached hydrogens (tertiary/aromatic N) is 4. The van der Waals surface area contributed by atoms with Crippen molar-refractivity contribution in [3.63, 3.8) is 0 Å². The molecule has 0 radical (unpaired) electrons. The summed E-state index contributed by atoms with van der Waals surface area (Å²) >= 11 is 1.30. The molecule has 1 heterocycles. The maximum Gasteiger partial charge on any atom is 0.250 e. The molecular weight excluding hydrogens is 506 g/mol. The number of hydrazone groups is 1. The minimum absolute atomic E-state index is 0.0505. The van der Waals surface area contributed by atoms with Gasteiger partial charge in [0.05, 0.1) is 19.1 Å². The highest BCUT2D eigenvalue weighted by atomic mass is 32.2. The van der Waals surface area contributed by atoms with Crippen LogP contribution in [-0.4, -0.2) is 39.7 Å². The molecule has 0 aliphatic carbocycles. The number of benzene rings is 3. The summed E-state index contributed by atoms with van der Waals surface area (Å²) in [7, 11) is 1.64. The minimum atomic E-state index is -0.232. The van der Waals surface area contributed by atoms with E-state index in [1.165, 1.54) is 17.3 Å². The van der Waals surface area contributed by atoms with Gasteiger partial charge in [0.15, 0.2) is 11.0 Å². The van der Waals surface area contributed by atoms with Gasteiger partial charge < -0.3 is 4.74 Å². The minimum Gasteiger partial charge on any atom is -0.497 e. The maximum atomic E-state index is 12.6. The number of amides is 1. The van der Waals surface area contributed by atoms with Crippen molar-refractivity contribution in [1.82, 2.24) is 20.2 Å². The van der Waals surface area contributed by atoms with Crippen molar-refractivity contribution in [1.29, 1.82) is 0 Å². The van der Waals surface area contributed by atoms with Gasteiger partial charge in [-0.3, -0.25) is 9.36 Å². The van der Waals surface area contributed by atoms with E-state index in [4.69, 9.17) is 4.74 Å². The first-order chi connectivity index (χ1) is 18.7. The first-order valence-electron chi connectivity index (χ1n) is 12.6. The molecule has 4 aromatic rings. The predicted octanol–water partition coefficient (Wildman–Crippen LogP) is 6.54. The van der Waals surface area contributed by atoms with Crippen molar-refractivity contribution in [3.05, 3.63) is 95.6 Å². The molecule has 0 unspecified atom stereocenters. The number of allylic oxidation sites excluding steroid dienone is 1. The van der Waals surface area contributed by atoms with Gasteiger partial charge in [-0.05, 0) is 53.3 Å². The highest BCUT2D eigenvalue weighted by molar-refractivity contribution is 7.99. The number of hydrogen-bond donors (Lipinski definition) is 1.